The summed E-state index contributed by atoms with van der Waals surface area (Å²) in [5.74, 6) is 0. The van der Waals surface area contributed by atoms with Gasteiger partial charge in [-0.1, -0.05) is 12.2 Å². The van der Waals surface area contributed by atoms with Crippen molar-refractivity contribution in [1.29, 1.82) is 0 Å². The molecule has 0 radical (unpaired) electrons. The van der Waals surface area contributed by atoms with Gasteiger partial charge in [0.1, 0.15) is 4.99 Å². The number of hydrogen-bond donors (Lipinski definition) is 0. The number of halogens is 1. The molecule has 0 aliphatic carbocycles. The van der Waals surface area contributed by atoms with Gasteiger partial charge in [-0.05, 0) is 73.2 Å². The second kappa shape index (κ2) is 6.91. The lowest BCUT2D eigenvalue weighted by Crippen LogP contribution is -2.40. The van der Waals surface area contributed by atoms with Gasteiger partial charge in [-0.25, -0.2) is 0 Å². The monoisotopic (exact) mass is 440 g/mol. The van der Waals surface area contributed by atoms with Crippen molar-refractivity contribution in [2.45, 2.75) is 20.8 Å². The molecule has 0 N–H and O–H groups in total. The largest absolute Gasteiger partial charge is 0.378 e. The van der Waals surface area contributed by atoms with E-state index in [2.05, 4.69) is 77.1 Å². The summed E-state index contributed by atoms with van der Waals surface area (Å²) in [5, 5.41) is 0. The number of benzene rings is 1. The Labute approximate surface area is 156 Å². The van der Waals surface area contributed by atoms with Gasteiger partial charge in [-0.15, -0.1) is 0 Å². The summed E-state index contributed by atoms with van der Waals surface area (Å²) >= 11 is 8.13. The van der Waals surface area contributed by atoms with E-state index in [0.29, 0.717) is 0 Å². The lowest BCUT2D eigenvalue weighted by Gasteiger charge is -2.29. The average Bonchev–Trinajstić information content (AvgIpc) is 2.85. The summed E-state index contributed by atoms with van der Waals surface area (Å²) in [6.45, 7) is 9.73. The lowest BCUT2D eigenvalue weighted by molar-refractivity contribution is 0.0692. The van der Waals surface area contributed by atoms with Crippen LogP contribution in [-0.2, 0) is 4.74 Å². The van der Waals surface area contributed by atoms with Gasteiger partial charge < -0.3 is 14.2 Å². The molecule has 23 heavy (non-hydrogen) atoms. The predicted molar refractivity (Wildman–Crippen MR) is 107 cm³/mol. The van der Waals surface area contributed by atoms with Crippen LogP contribution in [0, 0.1) is 24.3 Å². The van der Waals surface area contributed by atoms with E-state index in [0.717, 1.165) is 36.9 Å². The predicted octanol–water partition coefficient (Wildman–Crippen LogP) is 4.01. The van der Waals surface area contributed by atoms with Gasteiger partial charge in [-0.3, -0.25) is 0 Å². The number of ether oxygens (including phenoxy) is 1. The van der Waals surface area contributed by atoms with Gasteiger partial charge in [0.15, 0.2) is 0 Å². The maximum absolute atomic E-state index is 5.75. The molecule has 3 rings (SSSR count). The van der Waals surface area contributed by atoms with Crippen LogP contribution in [0.4, 0.5) is 0 Å². The zero-order chi connectivity index (χ0) is 16.6. The summed E-state index contributed by atoms with van der Waals surface area (Å²) < 4.78 is 9.02. The van der Waals surface area contributed by atoms with Gasteiger partial charge in [-0.2, -0.15) is 0 Å². The maximum atomic E-state index is 5.75. The van der Waals surface area contributed by atoms with E-state index in [1.165, 1.54) is 26.2 Å². The first-order valence-corrected chi connectivity index (χ1v) is 9.30. The van der Waals surface area contributed by atoms with Crippen LogP contribution in [0.25, 0.3) is 5.69 Å². The molecule has 1 aromatic heterocycles. The third kappa shape index (κ3) is 3.32. The maximum Gasteiger partial charge on any atom is 0.111 e. The molecule has 1 aliphatic rings. The number of morpholine rings is 1. The van der Waals surface area contributed by atoms with Gasteiger partial charge in [0.2, 0.25) is 0 Å². The Balaban J connectivity index is 1.98. The Morgan fingerprint density at radius 1 is 1.13 bits per heavy atom. The van der Waals surface area contributed by atoms with Crippen molar-refractivity contribution in [3.05, 3.63) is 50.4 Å². The average molecular weight is 440 g/mol. The fourth-order valence-electron chi connectivity index (χ4n) is 3.08. The van der Waals surface area contributed by atoms with Gasteiger partial charge >= 0.3 is 0 Å². The summed E-state index contributed by atoms with van der Waals surface area (Å²) in [7, 11) is 0. The number of rotatable bonds is 2. The summed E-state index contributed by atoms with van der Waals surface area (Å²) in [4.78, 5) is 3.19. The zero-order valence-electron chi connectivity index (χ0n) is 13.7. The van der Waals surface area contributed by atoms with E-state index in [1.54, 1.807) is 0 Å². The number of aryl methyl sites for hydroxylation is 2. The van der Waals surface area contributed by atoms with Crippen molar-refractivity contribution < 1.29 is 4.74 Å². The minimum atomic E-state index is 0.759. The molecule has 0 spiro atoms. The highest BCUT2D eigenvalue weighted by Crippen LogP contribution is 2.25. The first kappa shape index (κ1) is 16.9. The first-order valence-electron chi connectivity index (χ1n) is 7.81. The molecule has 0 bridgehead atoms. The summed E-state index contributed by atoms with van der Waals surface area (Å²) in [6.07, 6.45) is 0. The molecule has 1 aromatic carbocycles. The minimum absolute atomic E-state index is 0.759. The Morgan fingerprint density at radius 2 is 1.83 bits per heavy atom. The number of nitrogens with zero attached hydrogens (tertiary/aromatic N) is 2. The van der Waals surface area contributed by atoms with Crippen molar-refractivity contribution in [2.24, 2.45) is 0 Å². The SMILES string of the molecule is Cc1cc(-n2c(C)cc(C(=S)N3CCOCC3)c2C)ccc1I. The molecule has 0 amide bonds. The number of thiocarbonyl (C=S) groups is 1. The van der Waals surface area contributed by atoms with Crippen LogP contribution in [0.5, 0.6) is 0 Å². The van der Waals surface area contributed by atoms with Crippen LogP contribution >= 0.6 is 34.8 Å². The highest BCUT2D eigenvalue weighted by molar-refractivity contribution is 14.1. The van der Waals surface area contributed by atoms with Gasteiger partial charge in [0, 0.05) is 39.3 Å². The van der Waals surface area contributed by atoms with Crippen molar-refractivity contribution in [2.75, 3.05) is 26.3 Å². The van der Waals surface area contributed by atoms with Crippen molar-refractivity contribution in [3.63, 3.8) is 0 Å². The molecule has 5 heteroatoms. The quantitative estimate of drug-likeness (QED) is 0.519. The highest BCUT2D eigenvalue weighted by atomic mass is 127. The Hall–Kier alpha value is -0.920. The smallest absolute Gasteiger partial charge is 0.111 e. The minimum Gasteiger partial charge on any atom is -0.378 e. The van der Waals surface area contributed by atoms with E-state index in [4.69, 9.17) is 17.0 Å². The van der Waals surface area contributed by atoms with Crippen LogP contribution < -0.4 is 0 Å². The zero-order valence-corrected chi connectivity index (χ0v) is 16.7. The molecule has 0 unspecified atom stereocenters. The Morgan fingerprint density at radius 3 is 2.48 bits per heavy atom. The molecule has 2 aromatic rings. The highest BCUT2D eigenvalue weighted by Gasteiger charge is 2.20. The fraction of sp³-hybridized carbons (Fsp3) is 0.389. The van der Waals surface area contributed by atoms with Crippen LogP contribution in [0.1, 0.15) is 22.5 Å². The third-order valence-electron chi connectivity index (χ3n) is 4.36. The molecule has 0 saturated carbocycles. The van der Waals surface area contributed by atoms with Crippen LogP contribution in [0.3, 0.4) is 0 Å². The molecule has 1 saturated heterocycles. The number of hydrogen-bond acceptors (Lipinski definition) is 2. The van der Waals surface area contributed by atoms with Gasteiger partial charge in [0.25, 0.3) is 0 Å². The molecule has 122 valence electrons. The van der Waals surface area contributed by atoms with Crippen LogP contribution in [-0.4, -0.2) is 40.8 Å². The van der Waals surface area contributed by atoms with Crippen LogP contribution in [0.15, 0.2) is 24.3 Å². The van der Waals surface area contributed by atoms with Crippen molar-refractivity contribution >= 4 is 39.8 Å². The Kier molecular flexibility index (Phi) is 5.08. The molecule has 3 nitrogen and oxygen atoms in total. The van der Waals surface area contributed by atoms with E-state index in [-0.39, 0.29) is 0 Å². The second-order valence-electron chi connectivity index (χ2n) is 5.96. The number of aromatic nitrogens is 1. The third-order valence-corrected chi connectivity index (χ3v) is 6.05. The van der Waals surface area contributed by atoms with Crippen molar-refractivity contribution in [1.82, 2.24) is 9.47 Å². The summed E-state index contributed by atoms with van der Waals surface area (Å²) in [5.41, 5.74) is 6.09. The fourth-order valence-corrected chi connectivity index (χ4v) is 3.81. The Bertz CT molecular complexity index is 748. The standard InChI is InChI=1S/C18H21IN2OS/c1-12-10-15(4-5-17(12)19)21-13(2)11-16(14(21)3)18(23)20-6-8-22-9-7-20/h4-5,10-11H,6-9H2,1-3H3. The molecular formula is C18H21IN2OS. The summed E-state index contributed by atoms with van der Waals surface area (Å²) in [6, 6.07) is 8.80. The first-order chi connectivity index (χ1) is 11.0. The second-order valence-corrected chi connectivity index (χ2v) is 7.51. The molecule has 1 aliphatic heterocycles. The lowest BCUT2D eigenvalue weighted by atomic mass is 10.2. The van der Waals surface area contributed by atoms with Crippen LogP contribution in [0.2, 0.25) is 0 Å². The van der Waals surface area contributed by atoms with E-state index >= 15 is 0 Å². The molecule has 1 fully saturated rings. The topological polar surface area (TPSA) is 17.4 Å². The van der Waals surface area contributed by atoms with Crippen molar-refractivity contribution in [3.8, 4) is 5.69 Å². The molecule has 2 heterocycles. The molecular weight excluding hydrogens is 419 g/mol. The van der Waals surface area contributed by atoms with E-state index < -0.39 is 0 Å². The van der Waals surface area contributed by atoms with E-state index in [1.807, 2.05) is 0 Å². The van der Waals surface area contributed by atoms with Gasteiger partial charge in [0.05, 0.1) is 13.2 Å². The molecule has 0 atom stereocenters. The normalized spacial score (nSPS) is 15.0. The van der Waals surface area contributed by atoms with E-state index in [9.17, 15) is 0 Å².